The fraction of sp³-hybridized carbons (Fsp3) is 0.552. The molecule has 1 aliphatic carbocycles. The second kappa shape index (κ2) is 11.8. The molecule has 0 amide bonds. The van der Waals surface area contributed by atoms with Gasteiger partial charge in [0.15, 0.2) is 0 Å². The lowest BCUT2D eigenvalue weighted by molar-refractivity contribution is -0.0491. The van der Waals surface area contributed by atoms with Gasteiger partial charge in [0.1, 0.15) is 0 Å². The Hall–Kier alpha value is -2.35. The van der Waals surface area contributed by atoms with Gasteiger partial charge in [-0.3, -0.25) is 0 Å². The van der Waals surface area contributed by atoms with E-state index in [1.165, 1.54) is 0 Å². The van der Waals surface area contributed by atoms with E-state index in [1.807, 2.05) is 51.1 Å². The fourth-order valence-corrected chi connectivity index (χ4v) is 5.08. The standard InChI is InChI=1S/C29H39F2NO4/c1-19-15-22(9-10-24(19)27(34)35)26-8-6-5-7-25(26)20(2)36-18-23(33)17-32-28(3,4)16-21-11-13-29(30,31)14-12-21/h5-10,15,20-21,23,32-33H,11-14,16-18H2,1-4H3,(H,34,35)/t20-,23?/m1/s1. The first-order valence-corrected chi connectivity index (χ1v) is 12.7. The Morgan fingerprint density at radius 3 is 2.50 bits per heavy atom. The second-order valence-corrected chi connectivity index (χ2v) is 10.8. The van der Waals surface area contributed by atoms with Crippen LogP contribution in [0.5, 0.6) is 0 Å². The summed E-state index contributed by atoms with van der Waals surface area (Å²) >= 11 is 0. The number of carboxylic acid groups (broad SMARTS) is 1. The second-order valence-electron chi connectivity index (χ2n) is 10.8. The molecule has 0 bridgehead atoms. The normalized spacial score (nSPS) is 18.1. The van der Waals surface area contributed by atoms with Gasteiger partial charge in [0, 0.05) is 24.9 Å². The van der Waals surface area contributed by atoms with Crippen molar-refractivity contribution < 1.29 is 28.5 Å². The molecule has 1 saturated carbocycles. The average molecular weight is 504 g/mol. The molecule has 3 rings (SSSR count). The number of carbonyl (C=O) groups is 1. The topological polar surface area (TPSA) is 78.8 Å². The number of aryl methyl sites for hydroxylation is 1. The van der Waals surface area contributed by atoms with Crippen molar-refractivity contribution in [3.63, 3.8) is 0 Å². The minimum atomic E-state index is -2.52. The number of hydrogen-bond acceptors (Lipinski definition) is 4. The summed E-state index contributed by atoms with van der Waals surface area (Å²) in [7, 11) is 0. The molecule has 2 aromatic carbocycles. The van der Waals surface area contributed by atoms with Crippen molar-refractivity contribution in [2.24, 2.45) is 5.92 Å². The molecule has 0 saturated heterocycles. The summed E-state index contributed by atoms with van der Waals surface area (Å²) < 4.78 is 32.9. The highest BCUT2D eigenvalue weighted by Gasteiger charge is 2.36. The van der Waals surface area contributed by atoms with Crippen molar-refractivity contribution in [1.29, 1.82) is 0 Å². The molecule has 0 aromatic heterocycles. The predicted octanol–water partition coefficient (Wildman–Crippen LogP) is 6.38. The van der Waals surface area contributed by atoms with Crippen molar-refractivity contribution in [2.45, 2.75) is 83.5 Å². The molecule has 0 spiro atoms. The molecular formula is C29H39F2NO4. The molecule has 5 nitrogen and oxygen atoms in total. The van der Waals surface area contributed by atoms with E-state index in [1.54, 1.807) is 19.1 Å². The summed E-state index contributed by atoms with van der Waals surface area (Å²) in [6, 6.07) is 13.1. The number of β-amino-alcohol motifs (C(OH)–C–C–N with tert-alkyl or cyclic N) is 1. The minimum absolute atomic E-state index is 0.0349. The van der Waals surface area contributed by atoms with Crippen LogP contribution in [0.1, 0.15) is 80.5 Å². The lowest BCUT2D eigenvalue weighted by Crippen LogP contribution is -2.46. The molecule has 0 heterocycles. The number of carboxylic acids is 1. The highest BCUT2D eigenvalue weighted by molar-refractivity contribution is 5.90. The number of ether oxygens (including phenoxy) is 1. The van der Waals surface area contributed by atoms with Crippen LogP contribution < -0.4 is 5.32 Å². The molecule has 1 unspecified atom stereocenters. The van der Waals surface area contributed by atoms with Gasteiger partial charge in [0.25, 0.3) is 0 Å². The highest BCUT2D eigenvalue weighted by Crippen LogP contribution is 2.39. The summed E-state index contributed by atoms with van der Waals surface area (Å²) in [6.07, 6.45) is 0.803. The van der Waals surface area contributed by atoms with Gasteiger partial charge in [-0.05, 0) is 81.2 Å². The molecule has 2 aromatic rings. The number of aliphatic hydroxyl groups excluding tert-OH is 1. The van der Waals surface area contributed by atoms with E-state index in [9.17, 15) is 23.8 Å². The molecule has 198 valence electrons. The van der Waals surface area contributed by atoms with Crippen molar-refractivity contribution >= 4 is 5.97 Å². The number of halogens is 2. The quantitative estimate of drug-likeness (QED) is 0.332. The van der Waals surface area contributed by atoms with Gasteiger partial charge in [-0.2, -0.15) is 0 Å². The number of alkyl halides is 2. The molecule has 36 heavy (non-hydrogen) atoms. The van der Waals surface area contributed by atoms with Crippen molar-refractivity contribution in [1.82, 2.24) is 5.32 Å². The van der Waals surface area contributed by atoms with Gasteiger partial charge in [-0.1, -0.05) is 36.4 Å². The fourth-order valence-electron chi connectivity index (χ4n) is 5.08. The van der Waals surface area contributed by atoms with E-state index >= 15 is 0 Å². The third kappa shape index (κ3) is 7.82. The van der Waals surface area contributed by atoms with Crippen LogP contribution in [0.4, 0.5) is 8.78 Å². The van der Waals surface area contributed by atoms with Crippen LogP contribution in [0, 0.1) is 12.8 Å². The van der Waals surface area contributed by atoms with Crippen LogP contribution in [0.2, 0.25) is 0 Å². The summed E-state index contributed by atoms with van der Waals surface area (Å²) in [5, 5.41) is 23.2. The van der Waals surface area contributed by atoms with E-state index in [0.29, 0.717) is 24.9 Å². The van der Waals surface area contributed by atoms with Gasteiger partial charge in [0.05, 0.1) is 24.4 Å². The number of aromatic carboxylic acids is 1. The summed E-state index contributed by atoms with van der Waals surface area (Å²) in [5.41, 5.74) is 3.52. The first-order valence-electron chi connectivity index (χ1n) is 12.7. The zero-order valence-corrected chi connectivity index (χ0v) is 21.7. The first kappa shape index (κ1) is 28.2. The summed E-state index contributed by atoms with van der Waals surface area (Å²) in [5.74, 6) is -3.20. The van der Waals surface area contributed by atoms with Gasteiger partial charge >= 0.3 is 5.97 Å². The Balaban J connectivity index is 1.53. The van der Waals surface area contributed by atoms with E-state index in [4.69, 9.17) is 4.74 Å². The van der Waals surface area contributed by atoms with Gasteiger partial charge in [0.2, 0.25) is 5.92 Å². The molecular weight excluding hydrogens is 464 g/mol. The van der Waals surface area contributed by atoms with Gasteiger partial charge in [-0.25, -0.2) is 13.6 Å². The summed E-state index contributed by atoms with van der Waals surface area (Å²) in [4.78, 5) is 11.4. The number of aliphatic hydroxyl groups is 1. The van der Waals surface area contributed by atoms with Crippen LogP contribution in [0.25, 0.3) is 11.1 Å². The minimum Gasteiger partial charge on any atom is -0.478 e. The SMILES string of the molecule is Cc1cc(-c2ccccc2[C@@H](C)OCC(O)CNC(C)(C)CC2CCC(F)(F)CC2)ccc1C(=O)O. The Bertz CT molecular complexity index is 1030. The number of rotatable bonds is 11. The number of hydrogen-bond donors (Lipinski definition) is 3. The predicted molar refractivity (Wildman–Crippen MR) is 138 cm³/mol. The third-order valence-corrected chi connectivity index (χ3v) is 7.16. The van der Waals surface area contributed by atoms with E-state index in [0.717, 1.165) is 23.1 Å². The molecule has 1 aliphatic rings. The van der Waals surface area contributed by atoms with Gasteiger partial charge < -0.3 is 20.3 Å². The molecule has 0 aliphatic heterocycles. The van der Waals surface area contributed by atoms with Crippen LogP contribution in [0.3, 0.4) is 0 Å². The van der Waals surface area contributed by atoms with Crippen LogP contribution >= 0.6 is 0 Å². The number of nitrogens with one attached hydrogen (secondary N) is 1. The molecule has 3 N–H and O–H groups in total. The zero-order valence-electron chi connectivity index (χ0n) is 21.7. The number of benzene rings is 2. The average Bonchev–Trinajstić information content (AvgIpc) is 2.82. The molecule has 1 fully saturated rings. The Morgan fingerprint density at radius 1 is 1.19 bits per heavy atom. The Morgan fingerprint density at radius 2 is 1.86 bits per heavy atom. The van der Waals surface area contributed by atoms with Crippen LogP contribution in [-0.2, 0) is 4.74 Å². The molecule has 0 radical (unpaired) electrons. The van der Waals surface area contributed by atoms with E-state index in [-0.39, 0.29) is 42.6 Å². The largest absolute Gasteiger partial charge is 0.478 e. The van der Waals surface area contributed by atoms with Crippen molar-refractivity contribution in [2.75, 3.05) is 13.2 Å². The van der Waals surface area contributed by atoms with E-state index in [2.05, 4.69) is 5.32 Å². The zero-order chi connectivity index (χ0) is 26.5. The van der Waals surface area contributed by atoms with Crippen molar-refractivity contribution in [3.05, 3.63) is 59.2 Å². The highest BCUT2D eigenvalue weighted by atomic mass is 19.3. The molecule has 2 atom stereocenters. The van der Waals surface area contributed by atoms with Crippen LogP contribution in [0.15, 0.2) is 42.5 Å². The maximum Gasteiger partial charge on any atom is 0.335 e. The molecule has 7 heteroatoms. The monoisotopic (exact) mass is 503 g/mol. The first-order chi connectivity index (χ1) is 16.9. The lowest BCUT2D eigenvalue weighted by atomic mass is 9.79. The summed E-state index contributed by atoms with van der Waals surface area (Å²) in [6.45, 7) is 8.29. The third-order valence-electron chi connectivity index (χ3n) is 7.16. The lowest BCUT2D eigenvalue weighted by Gasteiger charge is -2.35. The van der Waals surface area contributed by atoms with Crippen LogP contribution in [-0.4, -0.2) is 46.9 Å². The van der Waals surface area contributed by atoms with E-state index < -0.39 is 18.0 Å². The Labute approximate surface area is 212 Å². The smallest absolute Gasteiger partial charge is 0.335 e. The van der Waals surface area contributed by atoms with Crippen molar-refractivity contribution in [3.8, 4) is 11.1 Å². The maximum absolute atomic E-state index is 13.4. The maximum atomic E-state index is 13.4. The Kier molecular flexibility index (Phi) is 9.25. The van der Waals surface area contributed by atoms with Gasteiger partial charge in [-0.15, -0.1) is 0 Å².